The number of quaternary nitrogens is 1. The number of carbonyl (C=O) groups is 1. The molecule has 0 radical (unpaired) electrons. The van der Waals surface area contributed by atoms with Crippen LogP contribution in [0.4, 0.5) is 0 Å². The Hall–Kier alpha value is -0.320. The maximum absolute atomic E-state index is 10.8. The summed E-state index contributed by atoms with van der Waals surface area (Å²) in [5.74, 6) is -0.260. The number of ether oxygens (including phenoxy) is 1. The SMILES string of the molecule is C[C@H]1[C@H](CO)OC(=O)[C@H]1[NH3+].[Cl-]. The van der Waals surface area contributed by atoms with E-state index >= 15 is 0 Å². The van der Waals surface area contributed by atoms with Crippen molar-refractivity contribution in [2.75, 3.05) is 6.61 Å². The number of halogens is 1. The Balaban J connectivity index is 0.000001000. The maximum atomic E-state index is 10.8. The molecule has 0 aromatic carbocycles. The Morgan fingerprint density at radius 3 is 2.45 bits per heavy atom. The molecule has 4 nitrogen and oxygen atoms in total. The fraction of sp³-hybridized carbons (Fsp3) is 0.833. The number of hydrogen-bond donors (Lipinski definition) is 2. The number of cyclic esters (lactones) is 1. The van der Waals surface area contributed by atoms with Crippen molar-refractivity contribution in [1.82, 2.24) is 0 Å². The minimum absolute atomic E-state index is 0. The highest BCUT2D eigenvalue weighted by molar-refractivity contribution is 5.76. The highest BCUT2D eigenvalue weighted by Crippen LogP contribution is 2.18. The van der Waals surface area contributed by atoms with E-state index in [4.69, 9.17) is 9.84 Å². The van der Waals surface area contributed by atoms with E-state index in [2.05, 4.69) is 5.73 Å². The molecule has 5 heteroatoms. The average molecular weight is 182 g/mol. The minimum Gasteiger partial charge on any atom is -1.00 e. The fourth-order valence-corrected chi connectivity index (χ4v) is 1.02. The Morgan fingerprint density at radius 2 is 2.27 bits per heavy atom. The number of aliphatic hydroxyl groups is 1. The highest BCUT2D eigenvalue weighted by atomic mass is 35.5. The molecular formula is C6H12ClNO3. The van der Waals surface area contributed by atoms with Crippen LogP contribution in [0.25, 0.3) is 0 Å². The molecule has 0 spiro atoms. The van der Waals surface area contributed by atoms with E-state index in [9.17, 15) is 4.79 Å². The summed E-state index contributed by atoms with van der Waals surface area (Å²) in [6, 6.07) is -0.308. The Labute approximate surface area is 71.1 Å². The van der Waals surface area contributed by atoms with Crippen LogP contribution in [0, 0.1) is 5.92 Å². The first-order valence-corrected chi connectivity index (χ1v) is 3.31. The zero-order chi connectivity index (χ0) is 7.72. The summed E-state index contributed by atoms with van der Waals surface area (Å²) in [6.07, 6.45) is -0.338. The molecule has 1 aliphatic rings. The van der Waals surface area contributed by atoms with Gasteiger partial charge in [-0.25, -0.2) is 4.79 Å². The van der Waals surface area contributed by atoms with Gasteiger partial charge in [0.2, 0.25) is 0 Å². The van der Waals surface area contributed by atoms with Gasteiger partial charge in [0.25, 0.3) is 0 Å². The number of aliphatic hydroxyl groups excluding tert-OH is 1. The van der Waals surface area contributed by atoms with Gasteiger partial charge in [-0.1, -0.05) is 6.92 Å². The summed E-state index contributed by atoms with van der Waals surface area (Å²) >= 11 is 0. The molecule has 0 bridgehead atoms. The van der Waals surface area contributed by atoms with Gasteiger partial charge in [0.05, 0.1) is 12.5 Å². The van der Waals surface area contributed by atoms with E-state index in [1.165, 1.54) is 0 Å². The van der Waals surface area contributed by atoms with E-state index in [0.717, 1.165) is 0 Å². The van der Waals surface area contributed by atoms with Crippen LogP contribution in [0.1, 0.15) is 6.92 Å². The third kappa shape index (κ3) is 1.83. The topological polar surface area (TPSA) is 74.2 Å². The number of esters is 1. The van der Waals surface area contributed by atoms with Crippen molar-refractivity contribution in [3.05, 3.63) is 0 Å². The number of hydrogen-bond acceptors (Lipinski definition) is 3. The third-order valence-electron chi connectivity index (χ3n) is 1.97. The quantitative estimate of drug-likeness (QED) is 0.399. The standard InChI is InChI=1S/C6H11NO3.ClH/c1-3-4(2-8)10-6(9)5(3)7;/h3-5,8H,2,7H2,1H3;1H/t3-,4-,5-;/m0./s1. The molecule has 0 unspecified atom stereocenters. The van der Waals surface area contributed by atoms with Gasteiger partial charge in [-0.2, -0.15) is 0 Å². The molecule has 0 aromatic rings. The molecular weight excluding hydrogens is 170 g/mol. The van der Waals surface area contributed by atoms with E-state index < -0.39 is 0 Å². The monoisotopic (exact) mass is 181 g/mol. The molecule has 0 aromatic heterocycles. The second-order valence-corrected chi connectivity index (χ2v) is 2.62. The van der Waals surface area contributed by atoms with Gasteiger partial charge in [-0.05, 0) is 0 Å². The lowest BCUT2D eigenvalue weighted by molar-refractivity contribution is -0.411. The summed E-state index contributed by atoms with van der Waals surface area (Å²) in [7, 11) is 0. The van der Waals surface area contributed by atoms with Crippen LogP contribution in [-0.2, 0) is 9.53 Å². The predicted octanol–water partition coefficient (Wildman–Crippen LogP) is -4.85. The van der Waals surface area contributed by atoms with Gasteiger partial charge in [0.1, 0.15) is 6.10 Å². The molecule has 11 heavy (non-hydrogen) atoms. The van der Waals surface area contributed by atoms with Crippen LogP contribution in [0.15, 0.2) is 0 Å². The van der Waals surface area contributed by atoms with Crippen LogP contribution in [-0.4, -0.2) is 29.8 Å². The molecule has 0 saturated carbocycles. The Morgan fingerprint density at radius 1 is 1.73 bits per heavy atom. The molecule has 1 fully saturated rings. The second kappa shape index (κ2) is 3.90. The van der Waals surface area contributed by atoms with Crippen molar-refractivity contribution in [2.24, 2.45) is 5.92 Å². The summed E-state index contributed by atoms with van der Waals surface area (Å²) < 4.78 is 4.78. The Bertz CT molecular complexity index is 153. The van der Waals surface area contributed by atoms with Gasteiger partial charge >= 0.3 is 5.97 Å². The first-order valence-electron chi connectivity index (χ1n) is 3.31. The van der Waals surface area contributed by atoms with Gasteiger partial charge < -0.3 is 28.0 Å². The minimum atomic E-state index is -0.338. The lowest BCUT2D eigenvalue weighted by atomic mass is 10.0. The van der Waals surface area contributed by atoms with E-state index in [0.29, 0.717) is 0 Å². The average Bonchev–Trinajstić information content (AvgIpc) is 2.17. The zero-order valence-corrected chi connectivity index (χ0v) is 7.04. The fourth-order valence-electron chi connectivity index (χ4n) is 1.02. The largest absolute Gasteiger partial charge is 1.00 e. The summed E-state index contributed by atoms with van der Waals surface area (Å²) in [6.45, 7) is 1.75. The van der Waals surface area contributed by atoms with Crippen molar-refractivity contribution in [3.63, 3.8) is 0 Å². The van der Waals surface area contributed by atoms with Crippen molar-refractivity contribution >= 4 is 5.97 Å². The molecule has 1 saturated heterocycles. The molecule has 0 aliphatic carbocycles. The predicted molar refractivity (Wildman–Crippen MR) is 32.8 cm³/mol. The van der Waals surface area contributed by atoms with Gasteiger partial charge in [-0.3, -0.25) is 0 Å². The van der Waals surface area contributed by atoms with Crippen molar-refractivity contribution < 1.29 is 32.8 Å². The van der Waals surface area contributed by atoms with Gasteiger partial charge in [0.15, 0.2) is 6.04 Å². The molecule has 0 amide bonds. The summed E-state index contributed by atoms with van der Waals surface area (Å²) in [5.41, 5.74) is 3.61. The van der Waals surface area contributed by atoms with E-state index in [1.54, 1.807) is 0 Å². The van der Waals surface area contributed by atoms with E-state index in [-0.39, 0.29) is 43.0 Å². The highest BCUT2D eigenvalue weighted by Gasteiger charge is 2.41. The smallest absolute Gasteiger partial charge is 0.365 e. The lowest BCUT2D eigenvalue weighted by Crippen LogP contribution is -3.00. The van der Waals surface area contributed by atoms with Gasteiger partial charge in [0, 0.05) is 0 Å². The van der Waals surface area contributed by atoms with Crippen LogP contribution >= 0.6 is 0 Å². The normalized spacial score (nSPS) is 36.3. The molecule has 66 valence electrons. The third-order valence-corrected chi connectivity index (χ3v) is 1.97. The van der Waals surface area contributed by atoms with Crippen molar-refractivity contribution in [1.29, 1.82) is 0 Å². The lowest BCUT2D eigenvalue weighted by Gasteiger charge is -2.08. The molecule has 1 rings (SSSR count). The Kier molecular flexibility index (Phi) is 3.78. The first kappa shape index (κ1) is 10.7. The second-order valence-electron chi connectivity index (χ2n) is 2.62. The molecule has 1 heterocycles. The summed E-state index contributed by atoms with van der Waals surface area (Å²) in [4.78, 5) is 10.8. The molecule has 1 aliphatic heterocycles. The molecule has 4 N–H and O–H groups in total. The first-order chi connectivity index (χ1) is 4.66. The van der Waals surface area contributed by atoms with Gasteiger partial charge in [-0.15, -0.1) is 0 Å². The van der Waals surface area contributed by atoms with Crippen LogP contribution in [0.3, 0.4) is 0 Å². The number of rotatable bonds is 1. The zero-order valence-electron chi connectivity index (χ0n) is 6.29. The van der Waals surface area contributed by atoms with Crippen LogP contribution in [0.5, 0.6) is 0 Å². The van der Waals surface area contributed by atoms with Crippen molar-refractivity contribution in [2.45, 2.75) is 19.1 Å². The summed E-state index contributed by atoms with van der Waals surface area (Å²) in [5, 5.41) is 8.67. The number of carbonyl (C=O) groups excluding carboxylic acids is 1. The van der Waals surface area contributed by atoms with Crippen LogP contribution < -0.4 is 18.1 Å². The molecule has 3 atom stereocenters. The maximum Gasteiger partial charge on any atom is 0.365 e. The van der Waals surface area contributed by atoms with E-state index in [1.807, 2.05) is 6.92 Å². The van der Waals surface area contributed by atoms with Crippen molar-refractivity contribution in [3.8, 4) is 0 Å². The van der Waals surface area contributed by atoms with Crippen LogP contribution in [0.2, 0.25) is 0 Å².